The second-order valence-corrected chi connectivity index (χ2v) is 6.75. The highest BCUT2D eigenvalue weighted by Crippen LogP contribution is 2.29. The van der Waals surface area contributed by atoms with Crippen LogP contribution in [0.4, 0.5) is 5.69 Å². The number of phenols is 1. The number of aromatic hydroxyl groups is 1. The molecular weight excluding hydrogens is 408 g/mol. The van der Waals surface area contributed by atoms with E-state index in [1.165, 1.54) is 23.4 Å². The monoisotopic (exact) mass is 422 g/mol. The van der Waals surface area contributed by atoms with E-state index in [-0.39, 0.29) is 11.3 Å². The third-order valence-electron chi connectivity index (χ3n) is 4.35. The summed E-state index contributed by atoms with van der Waals surface area (Å²) in [6.45, 7) is -0.547. The van der Waals surface area contributed by atoms with Crippen LogP contribution in [0.1, 0.15) is 10.4 Å². The van der Waals surface area contributed by atoms with Crippen molar-refractivity contribution in [2.45, 2.75) is 0 Å². The number of carbonyl (C=O) groups excluding carboxylic acids is 2. The lowest BCUT2D eigenvalue weighted by Crippen LogP contribution is -2.22. The zero-order valence-electron chi connectivity index (χ0n) is 15.4. The number of amides is 1. The normalized spacial score (nSPS) is 10.7. The minimum atomic E-state index is -0.809. The molecule has 2 N–H and O–H groups in total. The quantitative estimate of drug-likeness (QED) is 0.476. The molecule has 9 heteroatoms. The Hall–Kier alpha value is -3.91. The van der Waals surface area contributed by atoms with Gasteiger partial charge in [-0.3, -0.25) is 4.79 Å². The van der Waals surface area contributed by atoms with E-state index in [1.807, 2.05) is 12.1 Å². The van der Waals surface area contributed by atoms with Gasteiger partial charge in [-0.25, -0.2) is 14.5 Å². The molecule has 0 bridgehead atoms. The predicted octanol–water partition coefficient (Wildman–Crippen LogP) is 3.58. The van der Waals surface area contributed by atoms with Crippen LogP contribution in [0.15, 0.2) is 67.3 Å². The molecular formula is C21H15ClN4O4. The maximum atomic E-state index is 12.4. The number of anilines is 1. The van der Waals surface area contributed by atoms with Gasteiger partial charge in [0.1, 0.15) is 24.0 Å². The lowest BCUT2D eigenvalue weighted by Gasteiger charge is -2.12. The summed E-state index contributed by atoms with van der Waals surface area (Å²) in [6, 6.07) is 15.1. The Morgan fingerprint density at radius 1 is 1.13 bits per heavy atom. The molecule has 0 aliphatic heterocycles. The maximum absolute atomic E-state index is 12.4. The van der Waals surface area contributed by atoms with Gasteiger partial charge in [-0.2, -0.15) is 5.10 Å². The number of aromatic nitrogens is 3. The van der Waals surface area contributed by atoms with Crippen LogP contribution >= 0.6 is 11.6 Å². The van der Waals surface area contributed by atoms with Gasteiger partial charge in [0.25, 0.3) is 5.91 Å². The summed E-state index contributed by atoms with van der Waals surface area (Å²) < 4.78 is 6.54. The maximum Gasteiger partial charge on any atom is 0.342 e. The lowest BCUT2D eigenvalue weighted by atomic mass is 10.1. The highest BCUT2D eigenvalue weighted by molar-refractivity contribution is 6.31. The molecule has 0 fully saturated rings. The van der Waals surface area contributed by atoms with Gasteiger partial charge in [-0.15, -0.1) is 0 Å². The minimum Gasteiger partial charge on any atom is -0.506 e. The number of benzene rings is 3. The van der Waals surface area contributed by atoms with Gasteiger partial charge in [0, 0.05) is 10.4 Å². The zero-order valence-corrected chi connectivity index (χ0v) is 16.2. The zero-order chi connectivity index (χ0) is 21.1. The third kappa shape index (κ3) is 3.94. The Morgan fingerprint density at radius 2 is 1.97 bits per heavy atom. The number of hydrogen-bond acceptors (Lipinski definition) is 6. The summed E-state index contributed by atoms with van der Waals surface area (Å²) in [5.74, 6) is -1.58. The first-order valence-corrected chi connectivity index (χ1v) is 9.23. The fourth-order valence-corrected chi connectivity index (χ4v) is 3.13. The summed E-state index contributed by atoms with van der Waals surface area (Å²) in [5, 5.41) is 18.7. The second kappa shape index (κ2) is 8.22. The Balaban J connectivity index is 1.47. The smallest absolute Gasteiger partial charge is 0.342 e. The van der Waals surface area contributed by atoms with Crippen LogP contribution < -0.4 is 5.32 Å². The van der Waals surface area contributed by atoms with Gasteiger partial charge in [-0.1, -0.05) is 41.9 Å². The molecule has 1 heterocycles. The number of rotatable bonds is 5. The lowest BCUT2D eigenvalue weighted by molar-refractivity contribution is -0.119. The van der Waals surface area contributed by atoms with Crippen molar-refractivity contribution in [1.82, 2.24) is 14.8 Å². The number of nitrogens with one attached hydrogen (secondary N) is 1. The number of halogens is 1. The molecule has 1 aromatic heterocycles. The highest BCUT2D eigenvalue weighted by Gasteiger charge is 2.17. The number of phenolic OH excluding ortho intramolecular Hbond substituents is 1. The van der Waals surface area contributed by atoms with E-state index in [9.17, 15) is 14.7 Å². The molecule has 0 atom stereocenters. The molecule has 0 saturated carbocycles. The molecule has 150 valence electrons. The van der Waals surface area contributed by atoms with E-state index < -0.39 is 18.5 Å². The molecule has 0 spiro atoms. The molecule has 3 aromatic carbocycles. The first-order chi connectivity index (χ1) is 14.5. The number of hydrogen-bond donors (Lipinski definition) is 2. The number of carbonyl (C=O) groups is 2. The van der Waals surface area contributed by atoms with Gasteiger partial charge >= 0.3 is 5.97 Å². The van der Waals surface area contributed by atoms with Crippen LogP contribution in [0, 0.1) is 0 Å². The average molecular weight is 423 g/mol. The van der Waals surface area contributed by atoms with Crippen LogP contribution in [0.5, 0.6) is 5.75 Å². The van der Waals surface area contributed by atoms with Crippen molar-refractivity contribution in [3.8, 4) is 11.4 Å². The third-order valence-corrected chi connectivity index (χ3v) is 4.59. The summed E-state index contributed by atoms with van der Waals surface area (Å²) in [5.41, 5.74) is 0.902. The van der Waals surface area contributed by atoms with Crippen molar-refractivity contribution in [2.24, 2.45) is 0 Å². The van der Waals surface area contributed by atoms with Crippen LogP contribution in [0.3, 0.4) is 0 Å². The first kappa shape index (κ1) is 19.4. The summed E-state index contributed by atoms with van der Waals surface area (Å²) in [6.07, 6.45) is 2.83. The molecule has 4 rings (SSSR count). The van der Waals surface area contributed by atoms with Crippen molar-refractivity contribution in [3.05, 3.63) is 77.8 Å². The molecule has 0 radical (unpaired) electrons. The fourth-order valence-electron chi connectivity index (χ4n) is 2.96. The first-order valence-electron chi connectivity index (χ1n) is 8.85. The van der Waals surface area contributed by atoms with Gasteiger partial charge in [0.2, 0.25) is 0 Å². The second-order valence-electron chi connectivity index (χ2n) is 6.31. The average Bonchev–Trinajstić information content (AvgIpc) is 3.27. The SMILES string of the molecule is O=C(COC(=O)c1ccc2ccccc2c1O)Nc1cc(Cl)ccc1-n1cncn1. The predicted molar refractivity (Wildman–Crippen MR) is 111 cm³/mol. The van der Waals surface area contributed by atoms with Crippen LogP contribution in [0.25, 0.3) is 16.5 Å². The fraction of sp³-hybridized carbons (Fsp3) is 0.0476. The van der Waals surface area contributed by atoms with Crippen molar-refractivity contribution >= 4 is 39.9 Å². The van der Waals surface area contributed by atoms with E-state index in [1.54, 1.807) is 36.4 Å². The number of fused-ring (bicyclic) bond motifs is 1. The Bertz CT molecular complexity index is 1240. The Kier molecular flexibility index (Phi) is 5.32. The molecule has 8 nitrogen and oxygen atoms in total. The topological polar surface area (TPSA) is 106 Å². The van der Waals surface area contributed by atoms with Gasteiger partial charge in [-0.05, 0) is 29.7 Å². The number of esters is 1. The number of nitrogens with zero attached hydrogens (tertiary/aromatic N) is 3. The summed E-state index contributed by atoms with van der Waals surface area (Å²) in [7, 11) is 0. The summed E-state index contributed by atoms with van der Waals surface area (Å²) in [4.78, 5) is 28.6. The van der Waals surface area contributed by atoms with E-state index in [4.69, 9.17) is 16.3 Å². The van der Waals surface area contributed by atoms with Crippen LogP contribution in [0.2, 0.25) is 5.02 Å². The van der Waals surface area contributed by atoms with Crippen molar-refractivity contribution < 1.29 is 19.4 Å². The molecule has 4 aromatic rings. The molecule has 30 heavy (non-hydrogen) atoms. The van der Waals surface area contributed by atoms with Crippen molar-refractivity contribution in [1.29, 1.82) is 0 Å². The van der Waals surface area contributed by atoms with Gasteiger partial charge < -0.3 is 15.2 Å². The van der Waals surface area contributed by atoms with Gasteiger partial charge in [0.15, 0.2) is 6.61 Å². The van der Waals surface area contributed by atoms with E-state index in [0.717, 1.165) is 5.39 Å². The summed E-state index contributed by atoms with van der Waals surface area (Å²) >= 11 is 6.02. The standard InChI is InChI=1S/C21H15ClN4O4/c22-14-6-8-18(26-12-23-11-24-26)17(9-14)25-19(27)10-30-21(29)16-7-5-13-3-1-2-4-15(13)20(16)28/h1-9,11-12,28H,10H2,(H,25,27). The molecule has 0 aliphatic carbocycles. The van der Waals surface area contributed by atoms with Crippen LogP contribution in [-0.2, 0) is 9.53 Å². The van der Waals surface area contributed by atoms with Crippen molar-refractivity contribution in [2.75, 3.05) is 11.9 Å². The molecule has 0 saturated heterocycles. The van der Waals surface area contributed by atoms with E-state index in [2.05, 4.69) is 15.4 Å². The van der Waals surface area contributed by atoms with Gasteiger partial charge in [0.05, 0.1) is 11.4 Å². The Labute approximate surface area is 175 Å². The number of ether oxygens (including phenoxy) is 1. The van der Waals surface area contributed by atoms with E-state index in [0.29, 0.717) is 21.8 Å². The highest BCUT2D eigenvalue weighted by atomic mass is 35.5. The van der Waals surface area contributed by atoms with Crippen LogP contribution in [-0.4, -0.2) is 38.4 Å². The van der Waals surface area contributed by atoms with E-state index >= 15 is 0 Å². The van der Waals surface area contributed by atoms with Crippen molar-refractivity contribution in [3.63, 3.8) is 0 Å². The molecule has 0 unspecified atom stereocenters. The molecule has 1 amide bonds. The largest absolute Gasteiger partial charge is 0.506 e. The Morgan fingerprint density at radius 3 is 2.77 bits per heavy atom. The minimum absolute atomic E-state index is 0.0208. The molecule has 0 aliphatic rings.